The number of carbonyl (C=O) groups excluding carboxylic acids is 1. The van der Waals surface area contributed by atoms with Crippen molar-refractivity contribution in [2.75, 3.05) is 18.5 Å². The summed E-state index contributed by atoms with van der Waals surface area (Å²) in [6, 6.07) is 9.15. The van der Waals surface area contributed by atoms with Gasteiger partial charge in [-0.2, -0.15) is 5.10 Å². The summed E-state index contributed by atoms with van der Waals surface area (Å²) in [4.78, 5) is 12.5. The van der Waals surface area contributed by atoms with E-state index in [1.165, 1.54) is 0 Å². The van der Waals surface area contributed by atoms with Crippen LogP contribution in [0.2, 0.25) is 0 Å². The first-order valence-electron chi connectivity index (χ1n) is 8.33. The van der Waals surface area contributed by atoms with Gasteiger partial charge in [-0.15, -0.1) is 0 Å². The van der Waals surface area contributed by atoms with E-state index in [4.69, 9.17) is 9.47 Å². The standard InChI is InChI=1S/C18H23N3O3/c1-13(2)21-17(8-9-19-21)20-18(22)14-5-3-6-15(11-14)24-12-16-7-4-10-23-16/h3,5-6,8-9,11,13,16H,4,7,10,12H2,1-2H3,(H,20,22). The van der Waals surface area contributed by atoms with Crippen molar-refractivity contribution in [3.05, 3.63) is 42.1 Å². The number of nitrogens with one attached hydrogen (secondary N) is 1. The lowest BCUT2D eigenvalue weighted by Gasteiger charge is -2.13. The third-order valence-electron chi connectivity index (χ3n) is 3.96. The summed E-state index contributed by atoms with van der Waals surface area (Å²) in [6.07, 6.45) is 3.94. The Morgan fingerprint density at radius 3 is 3.08 bits per heavy atom. The molecule has 2 heterocycles. The number of carbonyl (C=O) groups is 1. The van der Waals surface area contributed by atoms with Crippen LogP contribution < -0.4 is 10.1 Å². The summed E-state index contributed by atoms with van der Waals surface area (Å²) in [7, 11) is 0. The van der Waals surface area contributed by atoms with Gasteiger partial charge in [0.25, 0.3) is 5.91 Å². The minimum atomic E-state index is -0.181. The number of nitrogens with zero attached hydrogens (tertiary/aromatic N) is 2. The van der Waals surface area contributed by atoms with Crippen LogP contribution in [0.3, 0.4) is 0 Å². The minimum Gasteiger partial charge on any atom is -0.491 e. The van der Waals surface area contributed by atoms with E-state index in [0.717, 1.165) is 19.4 Å². The maximum Gasteiger partial charge on any atom is 0.256 e. The first-order valence-corrected chi connectivity index (χ1v) is 8.33. The molecular weight excluding hydrogens is 306 g/mol. The molecule has 0 spiro atoms. The predicted octanol–water partition coefficient (Wildman–Crippen LogP) is 3.27. The van der Waals surface area contributed by atoms with Crippen molar-refractivity contribution >= 4 is 11.7 Å². The summed E-state index contributed by atoms with van der Waals surface area (Å²) in [5, 5.41) is 7.11. The largest absolute Gasteiger partial charge is 0.491 e. The highest BCUT2D eigenvalue weighted by Gasteiger charge is 2.16. The second-order valence-corrected chi connectivity index (χ2v) is 6.18. The Bertz CT molecular complexity index is 690. The second kappa shape index (κ2) is 7.49. The second-order valence-electron chi connectivity index (χ2n) is 6.18. The molecule has 1 aromatic heterocycles. The Morgan fingerprint density at radius 1 is 1.46 bits per heavy atom. The molecule has 24 heavy (non-hydrogen) atoms. The van der Waals surface area contributed by atoms with Crippen LogP contribution in [0.25, 0.3) is 0 Å². The van der Waals surface area contributed by atoms with Crippen molar-refractivity contribution in [2.45, 2.75) is 38.8 Å². The van der Waals surface area contributed by atoms with Gasteiger partial charge in [-0.25, -0.2) is 4.68 Å². The number of aromatic nitrogens is 2. The summed E-state index contributed by atoms with van der Waals surface area (Å²) < 4.78 is 13.1. The highest BCUT2D eigenvalue weighted by molar-refractivity contribution is 6.04. The Balaban J connectivity index is 1.64. The lowest BCUT2D eigenvalue weighted by atomic mass is 10.2. The molecule has 1 atom stereocenters. The van der Waals surface area contributed by atoms with Crippen molar-refractivity contribution < 1.29 is 14.3 Å². The number of hydrogen-bond acceptors (Lipinski definition) is 4. The van der Waals surface area contributed by atoms with Crippen molar-refractivity contribution in [1.82, 2.24) is 9.78 Å². The fourth-order valence-corrected chi connectivity index (χ4v) is 2.71. The van der Waals surface area contributed by atoms with Gasteiger partial charge in [0.05, 0.1) is 12.3 Å². The Labute approximate surface area is 141 Å². The minimum absolute atomic E-state index is 0.155. The lowest BCUT2D eigenvalue weighted by Crippen LogP contribution is -2.18. The quantitative estimate of drug-likeness (QED) is 0.883. The van der Waals surface area contributed by atoms with Crippen molar-refractivity contribution in [3.8, 4) is 5.75 Å². The molecule has 1 fully saturated rings. The Hall–Kier alpha value is -2.34. The van der Waals surface area contributed by atoms with Crippen LogP contribution in [0.15, 0.2) is 36.5 Å². The zero-order valence-corrected chi connectivity index (χ0v) is 14.1. The summed E-state index contributed by atoms with van der Waals surface area (Å²) in [6.45, 7) is 5.36. The highest BCUT2D eigenvalue weighted by Crippen LogP contribution is 2.19. The number of anilines is 1. The fourth-order valence-electron chi connectivity index (χ4n) is 2.71. The van der Waals surface area contributed by atoms with Gasteiger partial charge in [-0.05, 0) is 44.9 Å². The normalized spacial score (nSPS) is 17.2. The maximum atomic E-state index is 12.5. The molecule has 6 heteroatoms. The van der Waals surface area contributed by atoms with E-state index < -0.39 is 0 Å². The van der Waals surface area contributed by atoms with Crippen LogP contribution >= 0.6 is 0 Å². The van der Waals surface area contributed by atoms with E-state index in [2.05, 4.69) is 10.4 Å². The maximum absolute atomic E-state index is 12.5. The van der Waals surface area contributed by atoms with Crippen LogP contribution in [0, 0.1) is 0 Å². The third-order valence-corrected chi connectivity index (χ3v) is 3.96. The molecular formula is C18H23N3O3. The van der Waals surface area contributed by atoms with Gasteiger partial charge in [0.1, 0.15) is 18.2 Å². The molecule has 3 rings (SSSR count). The average molecular weight is 329 g/mol. The molecule has 0 saturated carbocycles. The highest BCUT2D eigenvalue weighted by atomic mass is 16.5. The molecule has 1 saturated heterocycles. The molecule has 1 unspecified atom stereocenters. The number of rotatable bonds is 6. The fraction of sp³-hybridized carbons (Fsp3) is 0.444. The molecule has 0 aliphatic carbocycles. The molecule has 0 radical (unpaired) electrons. The smallest absolute Gasteiger partial charge is 0.256 e. The molecule has 0 bridgehead atoms. The Kier molecular flexibility index (Phi) is 5.15. The number of hydrogen-bond donors (Lipinski definition) is 1. The zero-order valence-electron chi connectivity index (χ0n) is 14.1. The van der Waals surface area contributed by atoms with Crippen LogP contribution in [-0.2, 0) is 4.74 Å². The van der Waals surface area contributed by atoms with E-state index in [1.54, 1.807) is 29.1 Å². The van der Waals surface area contributed by atoms with E-state index in [9.17, 15) is 4.79 Å². The van der Waals surface area contributed by atoms with Gasteiger partial charge < -0.3 is 14.8 Å². The van der Waals surface area contributed by atoms with Crippen LogP contribution in [0.5, 0.6) is 5.75 Å². The zero-order chi connectivity index (χ0) is 16.9. The van der Waals surface area contributed by atoms with E-state index >= 15 is 0 Å². The average Bonchev–Trinajstić information content (AvgIpc) is 3.24. The number of amides is 1. The van der Waals surface area contributed by atoms with Crippen LogP contribution in [0.1, 0.15) is 43.1 Å². The van der Waals surface area contributed by atoms with Gasteiger partial charge in [0.15, 0.2) is 0 Å². The molecule has 6 nitrogen and oxygen atoms in total. The first kappa shape index (κ1) is 16.5. The summed E-state index contributed by atoms with van der Waals surface area (Å²) in [5.74, 6) is 1.18. The Morgan fingerprint density at radius 2 is 2.33 bits per heavy atom. The molecule has 1 aliphatic heterocycles. The predicted molar refractivity (Wildman–Crippen MR) is 91.5 cm³/mol. The molecule has 2 aromatic rings. The van der Waals surface area contributed by atoms with E-state index in [-0.39, 0.29) is 18.1 Å². The SMILES string of the molecule is CC(C)n1nccc1NC(=O)c1cccc(OCC2CCCO2)c1. The molecule has 1 N–H and O–H groups in total. The van der Waals surface area contributed by atoms with Crippen molar-refractivity contribution in [2.24, 2.45) is 0 Å². The number of ether oxygens (including phenoxy) is 2. The third kappa shape index (κ3) is 3.94. The molecule has 1 aliphatic rings. The van der Waals surface area contributed by atoms with Gasteiger partial charge in [0.2, 0.25) is 0 Å². The first-order chi connectivity index (χ1) is 11.6. The molecule has 1 amide bonds. The summed E-state index contributed by atoms with van der Waals surface area (Å²) in [5.41, 5.74) is 0.552. The topological polar surface area (TPSA) is 65.4 Å². The van der Waals surface area contributed by atoms with Gasteiger partial charge in [-0.1, -0.05) is 6.07 Å². The van der Waals surface area contributed by atoms with E-state index in [0.29, 0.717) is 23.7 Å². The van der Waals surface area contributed by atoms with Gasteiger partial charge in [-0.3, -0.25) is 4.79 Å². The van der Waals surface area contributed by atoms with E-state index in [1.807, 2.05) is 26.0 Å². The monoisotopic (exact) mass is 329 g/mol. The lowest BCUT2D eigenvalue weighted by molar-refractivity contribution is 0.0679. The molecule has 1 aromatic carbocycles. The van der Waals surface area contributed by atoms with Crippen molar-refractivity contribution in [3.63, 3.8) is 0 Å². The molecule has 128 valence electrons. The summed E-state index contributed by atoms with van der Waals surface area (Å²) >= 11 is 0. The van der Waals surface area contributed by atoms with Gasteiger partial charge >= 0.3 is 0 Å². The van der Waals surface area contributed by atoms with Crippen LogP contribution in [-0.4, -0.2) is 35.0 Å². The van der Waals surface area contributed by atoms with Crippen LogP contribution in [0.4, 0.5) is 5.82 Å². The number of benzene rings is 1. The van der Waals surface area contributed by atoms with Crippen molar-refractivity contribution in [1.29, 1.82) is 0 Å². The van der Waals surface area contributed by atoms with Gasteiger partial charge in [0, 0.05) is 24.3 Å².